The standard InChI is InChI=1S/C38H45N7O5/c1-36(2,3)50-35(46)44-23-27-17-38(48,18-28(27)24-44)11-15-49-31-16-32(34-29(20-39)22-42-45(34)25-31)26-7-8-33(41-21-26)43-13-9-37(47,10-14-43)19-30-6-4-5-12-40-30/h4-8,12,16,21-22,25,27-28,47-48H,9-11,13-15,17-19,23-24H2,1-3H3. The van der Waals surface area contributed by atoms with Crippen LogP contribution in [0.1, 0.15) is 64.1 Å². The van der Waals surface area contributed by atoms with E-state index in [9.17, 15) is 20.3 Å². The van der Waals surface area contributed by atoms with Gasteiger partial charge >= 0.3 is 6.09 Å². The quantitative estimate of drug-likeness (QED) is 0.260. The first-order valence-electron chi connectivity index (χ1n) is 17.5. The highest BCUT2D eigenvalue weighted by molar-refractivity contribution is 5.85. The lowest BCUT2D eigenvalue weighted by atomic mass is 9.87. The van der Waals surface area contributed by atoms with Crippen LogP contribution in [0.15, 0.2) is 61.2 Å². The topological polar surface area (TPSA) is 149 Å². The van der Waals surface area contributed by atoms with Gasteiger partial charge in [-0.2, -0.15) is 10.4 Å². The van der Waals surface area contributed by atoms with E-state index in [-0.39, 0.29) is 17.9 Å². The molecule has 2 aliphatic heterocycles. The van der Waals surface area contributed by atoms with Crippen molar-refractivity contribution in [2.45, 2.75) is 76.1 Å². The maximum atomic E-state index is 12.6. The molecule has 50 heavy (non-hydrogen) atoms. The minimum absolute atomic E-state index is 0.238. The Kier molecular flexibility index (Phi) is 8.90. The summed E-state index contributed by atoms with van der Waals surface area (Å²) in [6.07, 6.45) is 10.1. The number of aliphatic hydroxyl groups is 2. The molecule has 262 valence electrons. The minimum atomic E-state index is -0.857. The SMILES string of the molecule is CC(C)(C)OC(=O)N1CC2CC(O)(CCOc3cc(-c4ccc(N5CCC(O)(Cc6ccccn6)CC5)nc4)c4c(C#N)cnn4c3)CC2C1. The fourth-order valence-electron chi connectivity index (χ4n) is 7.88. The van der Waals surface area contributed by atoms with Crippen LogP contribution in [0.2, 0.25) is 0 Å². The molecule has 0 radical (unpaired) electrons. The second-order valence-corrected chi connectivity index (χ2v) is 15.3. The predicted octanol–water partition coefficient (Wildman–Crippen LogP) is 5.01. The molecule has 1 saturated carbocycles. The van der Waals surface area contributed by atoms with E-state index in [1.807, 2.05) is 57.2 Å². The molecule has 2 saturated heterocycles. The molecular formula is C38H45N7O5. The number of pyridine rings is 3. The number of rotatable bonds is 8. The fourth-order valence-corrected chi connectivity index (χ4v) is 7.88. The number of hydrogen-bond acceptors (Lipinski definition) is 10. The summed E-state index contributed by atoms with van der Waals surface area (Å²) < 4.78 is 13.4. The van der Waals surface area contributed by atoms with Crippen molar-refractivity contribution >= 4 is 17.4 Å². The maximum absolute atomic E-state index is 12.6. The van der Waals surface area contributed by atoms with Crippen LogP contribution in [-0.4, -0.2) is 90.4 Å². The van der Waals surface area contributed by atoms with E-state index in [1.165, 1.54) is 0 Å². The molecule has 0 spiro atoms. The van der Waals surface area contributed by atoms with Gasteiger partial charge in [0.2, 0.25) is 0 Å². The molecule has 3 aliphatic rings. The highest BCUT2D eigenvalue weighted by Gasteiger charge is 2.49. The summed E-state index contributed by atoms with van der Waals surface area (Å²) in [5, 5.41) is 36.9. The lowest BCUT2D eigenvalue weighted by Crippen LogP contribution is -2.46. The minimum Gasteiger partial charge on any atom is -0.492 e. The first-order chi connectivity index (χ1) is 23.9. The van der Waals surface area contributed by atoms with Crippen molar-refractivity contribution in [1.29, 1.82) is 5.26 Å². The summed E-state index contributed by atoms with van der Waals surface area (Å²) in [4.78, 5) is 25.7. The van der Waals surface area contributed by atoms with Gasteiger partial charge in [-0.05, 0) is 88.6 Å². The predicted molar refractivity (Wildman–Crippen MR) is 187 cm³/mol. The van der Waals surface area contributed by atoms with Crippen LogP contribution in [0.25, 0.3) is 16.6 Å². The van der Waals surface area contributed by atoms with Gasteiger partial charge in [-0.25, -0.2) is 14.3 Å². The van der Waals surface area contributed by atoms with Crippen LogP contribution in [0, 0.1) is 23.2 Å². The lowest BCUT2D eigenvalue weighted by molar-refractivity contribution is 0.00695. The molecule has 2 unspecified atom stereocenters. The zero-order chi connectivity index (χ0) is 35.1. The lowest BCUT2D eigenvalue weighted by Gasteiger charge is -2.38. The molecular weight excluding hydrogens is 634 g/mol. The Morgan fingerprint density at radius 3 is 2.44 bits per heavy atom. The molecule has 4 aromatic rings. The van der Waals surface area contributed by atoms with Crippen molar-refractivity contribution in [2.75, 3.05) is 37.7 Å². The Morgan fingerprint density at radius 2 is 1.80 bits per heavy atom. The number of piperidine rings is 1. The highest BCUT2D eigenvalue weighted by Crippen LogP contribution is 2.46. The monoisotopic (exact) mass is 679 g/mol. The zero-order valence-electron chi connectivity index (χ0n) is 29.0. The number of carbonyl (C=O) groups is 1. The number of aromatic nitrogens is 4. The zero-order valence-corrected chi connectivity index (χ0v) is 29.0. The fraction of sp³-hybridized carbons (Fsp3) is 0.500. The van der Waals surface area contributed by atoms with Crippen molar-refractivity contribution in [3.63, 3.8) is 0 Å². The second kappa shape index (κ2) is 13.2. The first kappa shape index (κ1) is 33.8. The van der Waals surface area contributed by atoms with Gasteiger partial charge in [-0.15, -0.1) is 0 Å². The number of nitrogens with zero attached hydrogens (tertiary/aromatic N) is 7. The molecule has 2 N–H and O–H groups in total. The molecule has 0 aromatic carbocycles. The second-order valence-electron chi connectivity index (χ2n) is 15.3. The summed E-state index contributed by atoms with van der Waals surface area (Å²) in [6, 6.07) is 13.9. The Bertz CT molecular complexity index is 1860. The van der Waals surface area contributed by atoms with Gasteiger partial charge in [0.15, 0.2) is 0 Å². The van der Waals surface area contributed by atoms with E-state index in [0.29, 0.717) is 88.1 Å². The third kappa shape index (κ3) is 7.25. The number of ether oxygens (including phenoxy) is 2. The number of likely N-dealkylation sites (tertiary alicyclic amines) is 1. The van der Waals surface area contributed by atoms with E-state index < -0.39 is 16.8 Å². The first-order valence-corrected chi connectivity index (χ1v) is 17.5. The van der Waals surface area contributed by atoms with E-state index in [4.69, 9.17) is 14.5 Å². The van der Waals surface area contributed by atoms with Gasteiger partial charge < -0.3 is 29.5 Å². The number of hydrogen-bond donors (Lipinski definition) is 2. The van der Waals surface area contributed by atoms with E-state index in [2.05, 4.69) is 21.1 Å². The summed E-state index contributed by atoms with van der Waals surface area (Å²) >= 11 is 0. The summed E-state index contributed by atoms with van der Waals surface area (Å²) in [6.45, 7) is 8.47. The molecule has 6 heterocycles. The van der Waals surface area contributed by atoms with E-state index in [1.54, 1.807) is 34.2 Å². The van der Waals surface area contributed by atoms with Gasteiger partial charge in [0.1, 0.15) is 23.2 Å². The molecule has 3 fully saturated rings. The average Bonchev–Trinajstić information content (AvgIpc) is 3.76. The van der Waals surface area contributed by atoms with Crippen molar-refractivity contribution in [3.8, 4) is 22.9 Å². The Morgan fingerprint density at radius 1 is 1.04 bits per heavy atom. The Hall–Kier alpha value is -4.73. The Balaban J connectivity index is 0.991. The van der Waals surface area contributed by atoms with Crippen LogP contribution < -0.4 is 9.64 Å². The van der Waals surface area contributed by atoms with Gasteiger partial charge in [-0.1, -0.05) is 6.07 Å². The molecule has 7 rings (SSSR count). The summed E-state index contributed by atoms with van der Waals surface area (Å²) in [5.41, 5.74) is 1.43. The van der Waals surface area contributed by atoms with Crippen molar-refractivity contribution < 1.29 is 24.5 Å². The van der Waals surface area contributed by atoms with Gasteiger partial charge in [0, 0.05) is 68.2 Å². The highest BCUT2D eigenvalue weighted by atomic mass is 16.6. The molecule has 1 amide bonds. The molecule has 12 nitrogen and oxygen atoms in total. The average molecular weight is 680 g/mol. The smallest absolute Gasteiger partial charge is 0.410 e. The van der Waals surface area contributed by atoms with E-state index in [0.717, 1.165) is 22.6 Å². The number of anilines is 1. The largest absolute Gasteiger partial charge is 0.492 e. The van der Waals surface area contributed by atoms with Gasteiger partial charge in [0.05, 0.1) is 41.3 Å². The van der Waals surface area contributed by atoms with Crippen LogP contribution in [0.4, 0.5) is 10.6 Å². The number of fused-ring (bicyclic) bond motifs is 2. The van der Waals surface area contributed by atoms with Gasteiger partial charge in [0.25, 0.3) is 0 Å². The third-order valence-electron chi connectivity index (χ3n) is 10.4. The van der Waals surface area contributed by atoms with E-state index >= 15 is 0 Å². The number of amides is 1. The van der Waals surface area contributed by atoms with Crippen LogP contribution in [0.3, 0.4) is 0 Å². The number of carbonyl (C=O) groups excluding carboxylic acids is 1. The molecule has 12 heteroatoms. The van der Waals surface area contributed by atoms with Crippen LogP contribution >= 0.6 is 0 Å². The van der Waals surface area contributed by atoms with Crippen molar-refractivity contribution in [1.82, 2.24) is 24.5 Å². The van der Waals surface area contributed by atoms with Crippen LogP contribution in [0.5, 0.6) is 5.75 Å². The summed E-state index contributed by atoms with van der Waals surface area (Å²) in [7, 11) is 0. The van der Waals surface area contributed by atoms with Crippen molar-refractivity contribution in [2.24, 2.45) is 11.8 Å². The van der Waals surface area contributed by atoms with Crippen LogP contribution in [-0.2, 0) is 11.2 Å². The summed E-state index contributed by atoms with van der Waals surface area (Å²) in [5.74, 6) is 1.88. The Labute approximate surface area is 292 Å². The van der Waals surface area contributed by atoms with Gasteiger partial charge in [-0.3, -0.25) is 4.98 Å². The third-order valence-corrected chi connectivity index (χ3v) is 10.4. The molecule has 4 aromatic heterocycles. The maximum Gasteiger partial charge on any atom is 0.410 e. The van der Waals surface area contributed by atoms with Crippen molar-refractivity contribution in [3.05, 3.63) is 72.4 Å². The molecule has 2 atom stereocenters. The molecule has 1 aliphatic carbocycles. The normalized spacial score (nSPS) is 23.1. The number of nitriles is 1. The molecule has 0 bridgehead atoms.